The molecule has 2 atom stereocenters. The first-order chi connectivity index (χ1) is 9.72. The zero-order valence-electron chi connectivity index (χ0n) is 11.8. The minimum Gasteiger partial charge on any atom is -0.318 e. The number of carbonyl (C=O) groups is 1. The molecule has 2 aliphatic rings. The lowest BCUT2D eigenvalue weighted by molar-refractivity contribution is -0.134. The van der Waals surface area contributed by atoms with Crippen LogP contribution in [0, 0.1) is 5.82 Å². The lowest BCUT2D eigenvalue weighted by Gasteiger charge is -2.38. The fraction of sp³-hybridized carbons (Fsp3) is 0.562. The molecule has 1 aliphatic heterocycles. The van der Waals surface area contributed by atoms with E-state index >= 15 is 0 Å². The third-order valence-corrected chi connectivity index (χ3v) is 4.44. The second-order valence-electron chi connectivity index (χ2n) is 5.76. The zero-order chi connectivity index (χ0) is 14.1. The zero-order valence-corrected chi connectivity index (χ0v) is 11.8. The van der Waals surface area contributed by atoms with Crippen LogP contribution in [0.5, 0.6) is 0 Å². The molecule has 4 heteroatoms. The van der Waals surface area contributed by atoms with E-state index in [4.69, 9.17) is 0 Å². The predicted octanol–water partition coefficient (Wildman–Crippen LogP) is 2.98. The van der Waals surface area contributed by atoms with Gasteiger partial charge in [0.2, 0.25) is 5.91 Å². The lowest BCUT2D eigenvalue weighted by atomic mass is 9.90. The third kappa shape index (κ3) is 2.22. The summed E-state index contributed by atoms with van der Waals surface area (Å²) >= 11 is 0. The van der Waals surface area contributed by atoms with Gasteiger partial charge in [0.1, 0.15) is 12.0 Å². The number of amides is 1. The van der Waals surface area contributed by atoms with Crippen LogP contribution in [-0.2, 0) is 4.79 Å². The van der Waals surface area contributed by atoms with E-state index in [0.29, 0.717) is 5.56 Å². The average Bonchev–Trinajstić information content (AvgIpc) is 2.68. The molecule has 0 bridgehead atoms. The predicted molar refractivity (Wildman–Crippen MR) is 75.5 cm³/mol. The van der Waals surface area contributed by atoms with Crippen LogP contribution in [0.15, 0.2) is 24.3 Å². The van der Waals surface area contributed by atoms with Crippen molar-refractivity contribution in [2.24, 2.45) is 0 Å². The van der Waals surface area contributed by atoms with Gasteiger partial charge in [0.15, 0.2) is 0 Å². The molecule has 3 rings (SSSR count). The Morgan fingerprint density at radius 2 is 2.10 bits per heavy atom. The Hall–Kier alpha value is -1.42. The molecule has 1 aliphatic carbocycles. The molecule has 0 aromatic heterocycles. The van der Waals surface area contributed by atoms with Crippen molar-refractivity contribution in [3.05, 3.63) is 35.6 Å². The molecule has 3 nitrogen and oxygen atoms in total. The van der Waals surface area contributed by atoms with E-state index in [9.17, 15) is 9.18 Å². The van der Waals surface area contributed by atoms with Gasteiger partial charge in [-0.3, -0.25) is 10.1 Å². The van der Waals surface area contributed by atoms with Gasteiger partial charge < -0.3 is 4.90 Å². The molecule has 1 aromatic carbocycles. The first-order valence-electron chi connectivity index (χ1n) is 7.55. The van der Waals surface area contributed by atoms with E-state index in [1.165, 1.54) is 6.07 Å². The standard InChI is InChI=1S/C16H21FN2O/c1-2-6-14-16(20)19(11-7-5-8-11)15(18-14)12-9-3-4-10-13(12)17/h3-4,9-11,14-15,18H,2,5-8H2,1H3. The Kier molecular flexibility index (Phi) is 3.74. The highest BCUT2D eigenvalue weighted by molar-refractivity contribution is 5.85. The summed E-state index contributed by atoms with van der Waals surface area (Å²) in [5, 5.41) is 3.33. The Labute approximate surface area is 119 Å². The highest BCUT2D eigenvalue weighted by Crippen LogP contribution is 2.36. The molecule has 2 unspecified atom stereocenters. The number of benzene rings is 1. The first-order valence-corrected chi connectivity index (χ1v) is 7.55. The third-order valence-electron chi connectivity index (χ3n) is 4.44. The van der Waals surface area contributed by atoms with E-state index in [1.54, 1.807) is 12.1 Å². The topological polar surface area (TPSA) is 32.3 Å². The Morgan fingerprint density at radius 1 is 1.35 bits per heavy atom. The smallest absolute Gasteiger partial charge is 0.241 e. The van der Waals surface area contributed by atoms with E-state index in [1.807, 2.05) is 11.0 Å². The summed E-state index contributed by atoms with van der Waals surface area (Å²) in [5.41, 5.74) is 0.589. The second-order valence-corrected chi connectivity index (χ2v) is 5.76. The van der Waals surface area contributed by atoms with Crippen molar-refractivity contribution in [3.63, 3.8) is 0 Å². The van der Waals surface area contributed by atoms with Gasteiger partial charge in [-0.15, -0.1) is 0 Å². The lowest BCUT2D eigenvalue weighted by Crippen LogP contribution is -2.44. The van der Waals surface area contributed by atoms with E-state index in [0.717, 1.165) is 32.1 Å². The van der Waals surface area contributed by atoms with Crippen molar-refractivity contribution >= 4 is 5.91 Å². The molecule has 0 spiro atoms. The number of nitrogens with one attached hydrogen (secondary N) is 1. The van der Waals surface area contributed by atoms with Crippen molar-refractivity contribution in [3.8, 4) is 0 Å². The van der Waals surface area contributed by atoms with Gasteiger partial charge in [0.25, 0.3) is 0 Å². The molecule has 1 amide bonds. The van der Waals surface area contributed by atoms with Gasteiger partial charge in [0, 0.05) is 11.6 Å². The van der Waals surface area contributed by atoms with E-state index in [-0.39, 0.29) is 30.0 Å². The number of carbonyl (C=O) groups excluding carboxylic acids is 1. The van der Waals surface area contributed by atoms with Gasteiger partial charge in [0.05, 0.1) is 6.04 Å². The van der Waals surface area contributed by atoms with Gasteiger partial charge in [-0.05, 0) is 31.7 Å². The van der Waals surface area contributed by atoms with Gasteiger partial charge >= 0.3 is 0 Å². The molecule has 1 saturated carbocycles. The van der Waals surface area contributed by atoms with Crippen LogP contribution in [-0.4, -0.2) is 22.9 Å². The number of hydrogen-bond donors (Lipinski definition) is 1. The van der Waals surface area contributed by atoms with Crippen LogP contribution in [0.4, 0.5) is 4.39 Å². The molecular formula is C16H21FN2O. The Morgan fingerprint density at radius 3 is 2.70 bits per heavy atom. The number of nitrogens with zero attached hydrogens (tertiary/aromatic N) is 1. The molecule has 0 radical (unpaired) electrons. The second kappa shape index (κ2) is 5.52. The number of rotatable bonds is 4. The van der Waals surface area contributed by atoms with Gasteiger partial charge in [-0.2, -0.15) is 0 Å². The van der Waals surface area contributed by atoms with Crippen molar-refractivity contribution in [1.82, 2.24) is 10.2 Å². The van der Waals surface area contributed by atoms with Crippen LogP contribution in [0.3, 0.4) is 0 Å². The number of hydrogen-bond acceptors (Lipinski definition) is 2. The fourth-order valence-electron chi connectivity index (χ4n) is 3.14. The molecule has 1 saturated heterocycles. The molecular weight excluding hydrogens is 255 g/mol. The molecule has 108 valence electrons. The Balaban J connectivity index is 1.90. The minimum atomic E-state index is -0.300. The quantitative estimate of drug-likeness (QED) is 0.917. The van der Waals surface area contributed by atoms with Crippen LogP contribution in [0.25, 0.3) is 0 Å². The van der Waals surface area contributed by atoms with Crippen LogP contribution in [0.1, 0.15) is 50.8 Å². The summed E-state index contributed by atoms with van der Waals surface area (Å²) in [4.78, 5) is 14.5. The van der Waals surface area contributed by atoms with Crippen molar-refractivity contribution in [2.75, 3.05) is 0 Å². The van der Waals surface area contributed by atoms with Gasteiger partial charge in [-0.1, -0.05) is 31.5 Å². The van der Waals surface area contributed by atoms with Crippen molar-refractivity contribution in [2.45, 2.75) is 57.3 Å². The van der Waals surface area contributed by atoms with E-state index < -0.39 is 0 Å². The average molecular weight is 276 g/mol. The summed E-state index contributed by atoms with van der Waals surface area (Å²) in [7, 11) is 0. The van der Waals surface area contributed by atoms with Crippen LogP contribution < -0.4 is 5.32 Å². The van der Waals surface area contributed by atoms with Crippen LogP contribution in [0.2, 0.25) is 0 Å². The molecule has 1 N–H and O–H groups in total. The summed E-state index contributed by atoms with van der Waals surface area (Å²) in [5.74, 6) is -0.0934. The monoisotopic (exact) mass is 276 g/mol. The van der Waals surface area contributed by atoms with Crippen molar-refractivity contribution in [1.29, 1.82) is 0 Å². The molecule has 20 heavy (non-hydrogen) atoms. The highest BCUT2D eigenvalue weighted by atomic mass is 19.1. The molecule has 2 fully saturated rings. The first kappa shape index (κ1) is 13.6. The maximum atomic E-state index is 14.1. The maximum Gasteiger partial charge on any atom is 0.241 e. The fourth-order valence-corrected chi connectivity index (χ4v) is 3.14. The summed E-state index contributed by atoms with van der Waals surface area (Å²) < 4.78 is 14.1. The SMILES string of the molecule is CCCC1NC(c2ccccc2F)N(C2CCC2)C1=O. The summed E-state index contributed by atoms with van der Waals surface area (Å²) in [6, 6.07) is 6.88. The largest absolute Gasteiger partial charge is 0.318 e. The maximum absolute atomic E-state index is 14.1. The van der Waals surface area contributed by atoms with Crippen molar-refractivity contribution < 1.29 is 9.18 Å². The highest BCUT2D eigenvalue weighted by Gasteiger charge is 2.44. The van der Waals surface area contributed by atoms with Gasteiger partial charge in [-0.25, -0.2) is 4.39 Å². The minimum absolute atomic E-state index is 0.143. The van der Waals surface area contributed by atoms with E-state index in [2.05, 4.69) is 12.2 Å². The number of halogens is 1. The molecule has 1 heterocycles. The van der Waals surface area contributed by atoms with Crippen LogP contribution >= 0.6 is 0 Å². The molecule has 1 aromatic rings. The summed E-state index contributed by atoms with van der Waals surface area (Å²) in [6.07, 6.45) is 4.70. The summed E-state index contributed by atoms with van der Waals surface area (Å²) in [6.45, 7) is 2.07. The Bertz CT molecular complexity index is 501. The normalized spacial score (nSPS) is 26.9.